The lowest BCUT2D eigenvalue weighted by molar-refractivity contribution is 0.0750. The molecule has 126 valence electrons. The molecule has 1 aromatic carbocycles. The number of pyridine rings is 1. The number of hydrogen-bond acceptors (Lipinski definition) is 4. The van der Waals surface area contributed by atoms with Gasteiger partial charge in [-0.25, -0.2) is 14.4 Å². The van der Waals surface area contributed by atoms with E-state index in [2.05, 4.69) is 15.0 Å². The van der Waals surface area contributed by atoms with Crippen LogP contribution in [0.1, 0.15) is 22.8 Å². The van der Waals surface area contributed by atoms with Crippen LogP contribution >= 0.6 is 0 Å². The standard InChI is InChI=1S/C19H17FN4O/c1-2-24(13-14-7-3-4-8-16(14)20)19(25)15-11-22-18(23-12-15)17-9-5-6-10-21-17/h3-12H,2,13H2,1H3. The summed E-state index contributed by atoms with van der Waals surface area (Å²) < 4.78 is 13.8. The van der Waals surface area contributed by atoms with Crippen molar-refractivity contribution in [2.24, 2.45) is 0 Å². The monoisotopic (exact) mass is 336 g/mol. The summed E-state index contributed by atoms with van der Waals surface area (Å²) in [7, 11) is 0. The quantitative estimate of drug-likeness (QED) is 0.717. The molecule has 3 aromatic rings. The van der Waals surface area contributed by atoms with E-state index in [9.17, 15) is 9.18 Å². The van der Waals surface area contributed by atoms with Gasteiger partial charge in [0.05, 0.1) is 5.56 Å². The van der Waals surface area contributed by atoms with Crippen LogP contribution < -0.4 is 0 Å². The zero-order valence-electron chi connectivity index (χ0n) is 13.8. The van der Waals surface area contributed by atoms with Crippen molar-refractivity contribution < 1.29 is 9.18 Å². The van der Waals surface area contributed by atoms with Crippen LogP contribution in [0.2, 0.25) is 0 Å². The number of halogens is 1. The molecule has 2 aromatic heterocycles. The highest BCUT2D eigenvalue weighted by atomic mass is 19.1. The summed E-state index contributed by atoms with van der Waals surface area (Å²) in [5.41, 5.74) is 1.47. The summed E-state index contributed by atoms with van der Waals surface area (Å²) in [6.07, 6.45) is 4.61. The highest BCUT2D eigenvalue weighted by Gasteiger charge is 2.17. The third-order valence-corrected chi connectivity index (χ3v) is 3.78. The van der Waals surface area contributed by atoms with Gasteiger partial charge >= 0.3 is 0 Å². The molecule has 0 spiro atoms. The molecule has 2 heterocycles. The Morgan fingerprint density at radius 2 is 1.76 bits per heavy atom. The average Bonchev–Trinajstić information content (AvgIpc) is 2.68. The van der Waals surface area contributed by atoms with Gasteiger partial charge in [-0.1, -0.05) is 24.3 Å². The van der Waals surface area contributed by atoms with Crippen LogP contribution in [0.5, 0.6) is 0 Å². The summed E-state index contributed by atoms with van der Waals surface area (Å²) in [5, 5.41) is 0. The van der Waals surface area contributed by atoms with Gasteiger partial charge in [0.1, 0.15) is 11.5 Å². The number of amides is 1. The van der Waals surface area contributed by atoms with Gasteiger partial charge in [0.15, 0.2) is 5.82 Å². The predicted octanol–water partition coefficient (Wildman–Crippen LogP) is 3.34. The molecule has 0 N–H and O–H groups in total. The molecule has 0 radical (unpaired) electrons. The van der Waals surface area contributed by atoms with E-state index in [1.165, 1.54) is 18.5 Å². The molecule has 0 aliphatic carbocycles. The molecule has 25 heavy (non-hydrogen) atoms. The molecule has 3 rings (SSSR count). The Bertz CT molecular complexity index is 853. The van der Waals surface area contributed by atoms with Crippen LogP contribution in [0.3, 0.4) is 0 Å². The van der Waals surface area contributed by atoms with Crippen LogP contribution in [0.4, 0.5) is 4.39 Å². The highest BCUT2D eigenvalue weighted by molar-refractivity contribution is 5.93. The minimum absolute atomic E-state index is 0.198. The van der Waals surface area contributed by atoms with Crippen molar-refractivity contribution in [1.82, 2.24) is 19.9 Å². The first-order chi connectivity index (χ1) is 12.2. The van der Waals surface area contributed by atoms with Crippen molar-refractivity contribution in [2.45, 2.75) is 13.5 Å². The van der Waals surface area contributed by atoms with E-state index in [0.717, 1.165) is 0 Å². The largest absolute Gasteiger partial charge is 0.334 e. The van der Waals surface area contributed by atoms with E-state index >= 15 is 0 Å². The molecule has 0 fully saturated rings. The van der Waals surface area contributed by atoms with Gasteiger partial charge in [-0.2, -0.15) is 0 Å². The Morgan fingerprint density at radius 3 is 2.40 bits per heavy atom. The Morgan fingerprint density at radius 1 is 1.04 bits per heavy atom. The minimum atomic E-state index is -0.324. The maximum Gasteiger partial charge on any atom is 0.257 e. The van der Waals surface area contributed by atoms with Crippen LogP contribution in [-0.4, -0.2) is 32.3 Å². The van der Waals surface area contributed by atoms with Gasteiger partial charge in [0.2, 0.25) is 0 Å². The minimum Gasteiger partial charge on any atom is -0.334 e. The summed E-state index contributed by atoms with van der Waals surface area (Å²) in [6, 6.07) is 11.9. The van der Waals surface area contributed by atoms with Crippen molar-refractivity contribution >= 4 is 5.91 Å². The zero-order chi connectivity index (χ0) is 17.6. The molecule has 6 heteroatoms. The normalized spacial score (nSPS) is 10.5. The molecule has 0 atom stereocenters. The Hall–Kier alpha value is -3.15. The van der Waals surface area contributed by atoms with Gasteiger partial charge in [-0.3, -0.25) is 9.78 Å². The summed E-state index contributed by atoms with van der Waals surface area (Å²) in [4.78, 5) is 26.8. The second kappa shape index (κ2) is 7.61. The van der Waals surface area contributed by atoms with Crippen molar-refractivity contribution in [3.05, 3.63) is 78.0 Å². The van der Waals surface area contributed by atoms with Gasteiger partial charge in [-0.15, -0.1) is 0 Å². The number of carbonyl (C=O) groups is 1. The summed E-state index contributed by atoms with van der Waals surface area (Å²) >= 11 is 0. The summed E-state index contributed by atoms with van der Waals surface area (Å²) in [6.45, 7) is 2.50. The van der Waals surface area contributed by atoms with Crippen LogP contribution in [0.15, 0.2) is 61.1 Å². The first-order valence-corrected chi connectivity index (χ1v) is 7.95. The number of benzene rings is 1. The van der Waals surface area contributed by atoms with Crippen LogP contribution in [-0.2, 0) is 6.54 Å². The smallest absolute Gasteiger partial charge is 0.257 e. The second-order valence-corrected chi connectivity index (χ2v) is 5.42. The summed E-state index contributed by atoms with van der Waals surface area (Å²) in [5.74, 6) is -0.108. The molecular weight excluding hydrogens is 319 g/mol. The topological polar surface area (TPSA) is 59.0 Å². The lowest BCUT2D eigenvalue weighted by atomic mass is 10.2. The number of carbonyl (C=O) groups excluding carboxylic acids is 1. The highest BCUT2D eigenvalue weighted by Crippen LogP contribution is 2.14. The molecule has 0 aliphatic heterocycles. The molecule has 5 nitrogen and oxygen atoms in total. The lowest BCUT2D eigenvalue weighted by Gasteiger charge is -2.21. The van der Waals surface area contributed by atoms with Crippen molar-refractivity contribution in [1.29, 1.82) is 0 Å². The SMILES string of the molecule is CCN(Cc1ccccc1F)C(=O)c1cnc(-c2ccccn2)nc1. The lowest BCUT2D eigenvalue weighted by Crippen LogP contribution is -2.30. The Kier molecular flexibility index (Phi) is 5.09. The van der Waals surface area contributed by atoms with E-state index in [-0.39, 0.29) is 18.3 Å². The first kappa shape index (κ1) is 16.7. The van der Waals surface area contributed by atoms with Gasteiger partial charge in [-0.05, 0) is 25.1 Å². The number of hydrogen-bond donors (Lipinski definition) is 0. The van der Waals surface area contributed by atoms with E-state index in [1.54, 1.807) is 35.4 Å². The molecule has 0 saturated heterocycles. The third-order valence-electron chi connectivity index (χ3n) is 3.78. The zero-order valence-corrected chi connectivity index (χ0v) is 13.8. The first-order valence-electron chi connectivity index (χ1n) is 7.95. The molecule has 0 unspecified atom stereocenters. The fourth-order valence-electron chi connectivity index (χ4n) is 2.41. The fourth-order valence-corrected chi connectivity index (χ4v) is 2.41. The number of nitrogens with zero attached hydrogens (tertiary/aromatic N) is 4. The van der Waals surface area contributed by atoms with Gasteiger partial charge in [0, 0.05) is 37.2 Å². The second-order valence-electron chi connectivity index (χ2n) is 5.42. The van der Waals surface area contributed by atoms with E-state index in [0.29, 0.717) is 29.2 Å². The molecule has 1 amide bonds. The van der Waals surface area contributed by atoms with E-state index in [1.807, 2.05) is 19.1 Å². The molecule has 0 aliphatic rings. The fraction of sp³-hybridized carbons (Fsp3) is 0.158. The van der Waals surface area contributed by atoms with E-state index < -0.39 is 0 Å². The molecular formula is C19H17FN4O. The Labute approximate surface area is 145 Å². The van der Waals surface area contributed by atoms with Gasteiger partial charge in [0.25, 0.3) is 5.91 Å². The predicted molar refractivity (Wildman–Crippen MR) is 92.1 cm³/mol. The maximum atomic E-state index is 13.8. The van der Waals surface area contributed by atoms with Crippen molar-refractivity contribution in [3.8, 4) is 11.5 Å². The van der Waals surface area contributed by atoms with Crippen LogP contribution in [0, 0.1) is 5.82 Å². The van der Waals surface area contributed by atoms with Crippen molar-refractivity contribution in [3.63, 3.8) is 0 Å². The van der Waals surface area contributed by atoms with Crippen LogP contribution in [0.25, 0.3) is 11.5 Å². The van der Waals surface area contributed by atoms with Crippen molar-refractivity contribution in [2.75, 3.05) is 6.54 Å². The molecule has 0 saturated carbocycles. The number of aromatic nitrogens is 3. The van der Waals surface area contributed by atoms with E-state index in [4.69, 9.17) is 0 Å². The third kappa shape index (κ3) is 3.85. The van der Waals surface area contributed by atoms with Gasteiger partial charge < -0.3 is 4.90 Å². The Balaban J connectivity index is 1.78. The maximum absolute atomic E-state index is 13.8. The molecule has 0 bridgehead atoms. The average molecular weight is 336 g/mol. The number of rotatable bonds is 5.